The third-order valence-electron chi connectivity index (χ3n) is 1.56. The molecule has 66 valence electrons. The van der Waals surface area contributed by atoms with Gasteiger partial charge in [0.1, 0.15) is 5.60 Å². The number of rotatable bonds is 1. The average molecular weight is 169 g/mol. The molecule has 0 aromatic carbocycles. The summed E-state index contributed by atoms with van der Waals surface area (Å²) in [6.45, 7) is 7.08. The fourth-order valence-electron chi connectivity index (χ4n) is 1.05. The van der Waals surface area contributed by atoms with E-state index in [1.165, 1.54) is 0 Å². The van der Waals surface area contributed by atoms with Crippen LogP contribution < -0.4 is 0 Å². The Morgan fingerprint density at radius 2 is 2.33 bits per heavy atom. The van der Waals surface area contributed by atoms with Gasteiger partial charge in [0, 0.05) is 0 Å². The Labute approximate surface area is 70.8 Å². The van der Waals surface area contributed by atoms with Crippen LogP contribution in [0.25, 0.3) is 0 Å². The van der Waals surface area contributed by atoms with Crippen molar-refractivity contribution >= 4 is 12.0 Å². The molecule has 0 saturated carbocycles. The van der Waals surface area contributed by atoms with Crippen molar-refractivity contribution in [2.45, 2.75) is 19.4 Å². The van der Waals surface area contributed by atoms with Crippen LogP contribution in [0.4, 0.5) is 4.79 Å². The summed E-state index contributed by atoms with van der Waals surface area (Å²) in [6.07, 6.45) is 0.507. The number of carbonyl (C=O) groups excluding carboxylic acids is 2. The van der Waals surface area contributed by atoms with Gasteiger partial charge in [-0.1, -0.05) is 6.58 Å². The molecule has 4 heteroatoms. The van der Waals surface area contributed by atoms with E-state index in [1.807, 2.05) is 0 Å². The Morgan fingerprint density at radius 3 is 2.67 bits per heavy atom. The summed E-state index contributed by atoms with van der Waals surface area (Å²) >= 11 is 0. The van der Waals surface area contributed by atoms with Crippen LogP contribution in [-0.2, 0) is 9.53 Å². The van der Waals surface area contributed by atoms with Gasteiger partial charge in [0.2, 0.25) is 0 Å². The summed E-state index contributed by atoms with van der Waals surface area (Å²) in [5.41, 5.74) is -0.574. The van der Waals surface area contributed by atoms with E-state index >= 15 is 0 Å². The van der Waals surface area contributed by atoms with E-state index in [9.17, 15) is 9.59 Å². The quantitative estimate of drug-likeness (QED) is 0.548. The van der Waals surface area contributed by atoms with Crippen molar-refractivity contribution in [3.05, 3.63) is 12.7 Å². The maximum Gasteiger partial charge on any atom is 0.417 e. The van der Waals surface area contributed by atoms with Gasteiger partial charge < -0.3 is 4.74 Å². The van der Waals surface area contributed by atoms with Crippen molar-refractivity contribution in [1.82, 2.24) is 4.90 Å². The fraction of sp³-hybridized carbons (Fsp3) is 0.500. The highest BCUT2D eigenvalue weighted by atomic mass is 16.6. The lowest BCUT2D eigenvalue weighted by molar-refractivity contribution is -0.122. The molecule has 0 aliphatic carbocycles. The molecule has 1 fully saturated rings. The van der Waals surface area contributed by atoms with Crippen LogP contribution in [0.15, 0.2) is 12.7 Å². The minimum atomic E-state index is -0.593. The number of cyclic esters (lactones) is 1. The Balaban J connectivity index is 2.77. The highest BCUT2D eigenvalue weighted by Crippen LogP contribution is 2.21. The smallest absolute Gasteiger partial charge is 0.417 e. The molecule has 2 amide bonds. The Bertz CT molecular complexity index is 245. The molecule has 0 radical (unpaired) electrons. The van der Waals surface area contributed by atoms with Gasteiger partial charge in [-0.3, -0.25) is 4.79 Å². The number of nitrogens with zero attached hydrogens (tertiary/aromatic N) is 1. The highest BCUT2D eigenvalue weighted by Gasteiger charge is 2.39. The van der Waals surface area contributed by atoms with Gasteiger partial charge in [-0.2, -0.15) is 0 Å². The first-order valence-corrected chi connectivity index (χ1v) is 3.63. The van der Waals surface area contributed by atoms with Crippen molar-refractivity contribution < 1.29 is 14.3 Å². The predicted molar refractivity (Wildman–Crippen MR) is 42.5 cm³/mol. The maximum absolute atomic E-state index is 11.0. The largest absolute Gasteiger partial charge is 0.441 e. The first-order chi connectivity index (χ1) is 5.46. The van der Waals surface area contributed by atoms with E-state index in [1.54, 1.807) is 13.8 Å². The summed E-state index contributed by atoms with van der Waals surface area (Å²) in [7, 11) is 0. The van der Waals surface area contributed by atoms with E-state index in [4.69, 9.17) is 4.74 Å². The van der Waals surface area contributed by atoms with Crippen molar-refractivity contribution in [3.63, 3.8) is 0 Å². The van der Waals surface area contributed by atoms with Gasteiger partial charge >= 0.3 is 6.09 Å². The molecule has 1 aliphatic rings. The number of hydrogen-bond donors (Lipinski definition) is 0. The molecule has 12 heavy (non-hydrogen) atoms. The van der Waals surface area contributed by atoms with Gasteiger partial charge in [0.15, 0.2) is 0 Å². The molecule has 0 aromatic rings. The maximum atomic E-state index is 11.0. The monoisotopic (exact) mass is 169 g/mol. The van der Waals surface area contributed by atoms with Gasteiger partial charge in [0.05, 0.1) is 6.54 Å². The second kappa shape index (κ2) is 2.62. The molecular weight excluding hydrogens is 158 g/mol. The third-order valence-corrected chi connectivity index (χ3v) is 1.56. The molecule has 0 N–H and O–H groups in total. The molecule has 1 heterocycles. The average Bonchev–Trinajstić information content (AvgIpc) is 2.23. The number of imide groups is 1. The number of amides is 2. The van der Waals surface area contributed by atoms with Crippen LogP contribution in [0.2, 0.25) is 0 Å². The van der Waals surface area contributed by atoms with Gasteiger partial charge in [-0.05, 0) is 19.9 Å². The zero-order chi connectivity index (χ0) is 9.35. The number of ether oxygens (including phenoxy) is 1. The van der Waals surface area contributed by atoms with E-state index in [0.29, 0.717) is 0 Å². The minimum absolute atomic E-state index is 0.288. The van der Waals surface area contributed by atoms with E-state index in [-0.39, 0.29) is 6.54 Å². The number of hydrogen-bond acceptors (Lipinski definition) is 3. The standard InChI is InChI=1S/C8H11NO3/c1-4-6(10)9-5-8(2,3)12-7(9)11/h4H,1,5H2,2-3H3. The minimum Gasteiger partial charge on any atom is -0.441 e. The summed E-state index contributed by atoms with van der Waals surface area (Å²) < 4.78 is 4.90. The summed E-state index contributed by atoms with van der Waals surface area (Å²) in [5.74, 6) is -0.412. The lowest BCUT2D eigenvalue weighted by Gasteiger charge is -2.13. The predicted octanol–water partition coefficient (Wildman–Crippen LogP) is 0.930. The lowest BCUT2D eigenvalue weighted by Crippen LogP contribution is -2.32. The highest BCUT2D eigenvalue weighted by molar-refractivity contribution is 5.99. The molecule has 0 spiro atoms. The van der Waals surface area contributed by atoms with E-state index < -0.39 is 17.6 Å². The third kappa shape index (κ3) is 1.47. The van der Waals surface area contributed by atoms with Crippen LogP contribution in [0.1, 0.15) is 13.8 Å². The van der Waals surface area contributed by atoms with Gasteiger partial charge in [-0.15, -0.1) is 0 Å². The number of carbonyl (C=O) groups is 2. The molecule has 1 saturated heterocycles. The van der Waals surface area contributed by atoms with Crippen molar-refractivity contribution in [1.29, 1.82) is 0 Å². The van der Waals surface area contributed by atoms with E-state index in [0.717, 1.165) is 11.0 Å². The van der Waals surface area contributed by atoms with Gasteiger partial charge in [-0.25, -0.2) is 9.69 Å². The molecule has 0 atom stereocenters. The molecule has 1 aliphatic heterocycles. The van der Waals surface area contributed by atoms with Crippen LogP contribution in [-0.4, -0.2) is 29.0 Å². The first-order valence-electron chi connectivity index (χ1n) is 3.63. The molecule has 1 rings (SSSR count). The van der Waals surface area contributed by atoms with E-state index in [2.05, 4.69) is 6.58 Å². The zero-order valence-corrected chi connectivity index (χ0v) is 7.16. The van der Waals surface area contributed by atoms with Crippen LogP contribution in [0.5, 0.6) is 0 Å². The van der Waals surface area contributed by atoms with Crippen molar-refractivity contribution in [2.24, 2.45) is 0 Å². The van der Waals surface area contributed by atoms with Crippen LogP contribution in [0.3, 0.4) is 0 Å². The molecule has 0 bridgehead atoms. The first kappa shape index (κ1) is 8.77. The summed E-state index contributed by atoms with van der Waals surface area (Å²) in [6, 6.07) is 0. The van der Waals surface area contributed by atoms with Crippen LogP contribution in [0, 0.1) is 0 Å². The summed E-state index contributed by atoms with van der Waals surface area (Å²) in [4.78, 5) is 23.1. The normalized spacial score (nSPS) is 20.5. The zero-order valence-electron chi connectivity index (χ0n) is 7.16. The molecular formula is C8H11NO3. The molecule has 0 unspecified atom stereocenters. The van der Waals surface area contributed by atoms with Crippen molar-refractivity contribution in [2.75, 3.05) is 6.54 Å². The summed E-state index contributed by atoms with van der Waals surface area (Å²) in [5, 5.41) is 0. The van der Waals surface area contributed by atoms with Crippen molar-refractivity contribution in [3.8, 4) is 0 Å². The Morgan fingerprint density at radius 1 is 1.75 bits per heavy atom. The van der Waals surface area contributed by atoms with Crippen LogP contribution >= 0.6 is 0 Å². The SMILES string of the molecule is C=CC(=O)N1CC(C)(C)OC1=O. The fourth-order valence-corrected chi connectivity index (χ4v) is 1.05. The Kier molecular flexibility index (Phi) is 1.92. The lowest BCUT2D eigenvalue weighted by atomic mass is 10.1. The topological polar surface area (TPSA) is 46.6 Å². The molecule has 4 nitrogen and oxygen atoms in total. The Hall–Kier alpha value is -1.32. The second-order valence-electron chi connectivity index (χ2n) is 3.26. The van der Waals surface area contributed by atoms with Gasteiger partial charge in [0.25, 0.3) is 5.91 Å². The molecule has 0 aromatic heterocycles. The second-order valence-corrected chi connectivity index (χ2v) is 3.26.